The molecule has 1 aromatic carbocycles. The first-order valence-corrected chi connectivity index (χ1v) is 6.83. The third-order valence-corrected chi connectivity index (χ3v) is 3.82. The molecule has 0 saturated heterocycles. The van der Waals surface area contributed by atoms with Gasteiger partial charge in [-0.25, -0.2) is 0 Å². The van der Waals surface area contributed by atoms with E-state index >= 15 is 0 Å². The molecule has 0 aliphatic rings. The molecule has 0 amide bonds. The van der Waals surface area contributed by atoms with E-state index in [0.717, 1.165) is 24.4 Å². The van der Waals surface area contributed by atoms with Gasteiger partial charge in [0.15, 0.2) is 0 Å². The van der Waals surface area contributed by atoms with E-state index in [4.69, 9.17) is 11.6 Å². The molecule has 0 radical (unpaired) electrons. The quantitative estimate of drug-likeness (QED) is 0.594. The van der Waals surface area contributed by atoms with Gasteiger partial charge in [0, 0.05) is 10.6 Å². The maximum absolute atomic E-state index is 12.5. The van der Waals surface area contributed by atoms with Gasteiger partial charge >= 0.3 is 6.18 Å². The molecule has 0 unspecified atom stereocenters. The van der Waals surface area contributed by atoms with Crippen molar-refractivity contribution < 1.29 is 17.7 Å². The molecule has 0 bridgehead atoms. The summed E-state index contributed by atoms with van der Waals surface area (Å²) in [6.07, 6.45) is -3.34. The van der Waals surface area contributed by atoms with Gasteiger partial charge in [-0.1, -0.05) is 16.0 Å². The smallest absolute Gasteiger partial charge is 0.416 e. The highest BCUT2D eigenvalue weighted by Gasteiger charge is 2.31. The molecular weight excluding hydrogens is 299 g/mol. The molecule has 0 saturated carbocycles. The fourth-order valence-electron chi connectivity index (χ4n) is 1.08. The van der Waals surface area contributed by atoms with Crippen LogP contribution in [0.15, 0.2) is 22.6 Å². The van der Waals surface area contributed by atoms with Crippen LogP contribution in [0.2, 0.25) is 5.02 Å². The molecule has 0 spiro atoms. The van der Waals surface area contributed by atoms with E-state index < -0.39 is 27.8 Å². The lowest BCUT2D eigenvalue weighted by molar-refractivity contribution is -0.137. The summed E-state index contributed by atoms with van der Waals surface area (Å²) in [5.41, 5.74) is -0.728. The van der Waals surface area contributed by atoms with Gasteiger partial charge in [0.1, 0.15) is 16.1 Å². The number of nitrogens with zero attached hydrogens (tertiary/aromatic N) is 1. The Morgan fingerprint density at radius 2 is 1.84 bits per heavy atom. The van der Waals surface area contributed by atoms with Crippen molar-refractivity contribution >= 4 is 29.2 Å². The standard InChI is InChI=1S/C12H13ClF3NOS/c1-11(2,3)19(18)17-7-8-6-9(12(14,15)16)4-5-10(8)13/h4-7H,1-3H3/b17-7+/t19-/m1/s1. The van der Waals surface area contributed by atoms with Gasteiger partial charge in [-0.3, -0.25) is 0 Å². The van der Waals surface area contributed by atoms with Gasteiger partial charge in [0.25, 0.3) is 0 Å². The van der Waals surface area contributed by atoms with Crippen LogP contribution < -0.4 is 0 Å². The van der Waals surface area contributed by atoms with Gasteiger partial charge in [-0.2, -0.15) is 13.2 Å². The van der Waals surface area contributed by atoms with Crippen LogP contribution >= 0.6 is 11.6 Å². The van der Waals surface area contributed by atoms with Crippen LogP contribution in [0.4, 0.5) is 13.2 Å². The zero-order chi connectivity index (χ0) is 14.8. The van der Waals surface area contributed by atoms with Crippen molar-refractivity contribution in [3.05, 3.63) is 34.3 Å². The highest BCUT2D eigenvalue weighted by atomic mass is 35.5. The lowest BCUT2D eigenvalue weighted by Crippen LogP contribution is -2.25. The first-order valence-electron chi connectivity index (χ1n) is 5.34. The molecule has 0 heterocycles. The highest BCUT2D eigenvalue weighted by Crippen LogP contribution is 2.31. The summed E-state index contributed by atoms with van der Waals surface area (Å²) in [5.74, 6) is 0. The first-order chi connectivity index (χ1) is 8.51. The Morgan fingerprint density at radius 1 is 1.26 bits per heavy atom. The van der Waals surface area contributed by atoms with Crippen LogP contribution in [0.1, 0.15) is 31.9 Å². The Bertz CT molecular complexity index is 483. The van der Waals surface area contributed by atoms with Crippen molar-refractivity contribution in [2.75, 3.05) is 0 Å². The van der Waals surface area contributed by atoms with E-state index in [0.29, 0.717) is 0 Å². The van der Waals surface area contributed by atoms with Crippen LogP contribution in [-0.2, 0) is 17.5 Å². The van der Waals surface area contributed by atoms with Crippen molar-refractivity contribution in [1.29, 1.82) is 0 Å². The molecule has 106 valence electrons. The molecule has 19 heavy (non-hydrogen) atoms. The Balaban J connectivity index is 3.05. The van der Waals surface area contributed by atoms with E-state index in [-0.39, 0.29) is 10.6 Å². The Labute approximate surface area is 118 Å². The number of benzene rings is 1. The van der Waals surface area contributed by atoms with E-state index in [1.807, 2.05) is 0 Å². The lowest BCUT2D eigenvalue weighted by atomic mass is 10.1. The second kappa shape index (κ2) is 5.73. The Hall–Kier alpha value is -0.720. The molecule has 1 rings (SSSR count). The van der Waals surface area contributed by atoms with Crippen molar-refractivity contribution in [2.24, 2.45) is 4.40 Å². The molecule has 0 aromatic heterocycles. The molecular formula is C12H13ClF3NOS. The monoisotopic (exact) mass is 311 g/mol. The SMILES string of the molecule is CC(C)(C)[S@@+]([O-])/N=C/c1cc(C(F)(F)F)ccc1Cl. The maximum atomic E-state index is 12.5. The topological polar surface area (TPSA) is 35.4 Å². The first kappa shape index (κ1) is 16.3. The van der Waals surface area contributed by atoms with Crippen molar-refractivity contribution in [3.8, 4) is 0 Å². The minimum absolute atomic E-state index is 0.0918. The third kappa shape index (κ3) is 4.71. The van der Waals surface area contributed by atoms with Gasteiger partial charge < -0.3 is 4.55 Å². The lowest BCUT2D eigenvalue weighted by Gasteiger charge is -2.17. The van der Waals surface area contributed by atoms with Crippen molar-refractivity contribution in [3.63, 3.8) is 0 Å². The van der Waals surface area contributed by atoms with E-state index in [9.17, 15) is 17.7 Å². The van der Waals surface area contributed by atoms with E-state index in [1.165, 1.54) is 0 Å². The summed E-state index contributed by atoms with van der Waals surface area (Å²) >= 11 is 4.24. The largest absolute Gasteiger partial charge is 0.591 e. The predicted octanol–water partition coefficient (Wildman–Crippen LogP) is 4.24. The molecule has 0 N–H and O–H groups in total. The zero-order valence-electron chi connectivity index (χ0n) is 10.6. The number of hydrogen-bond donors (Lipinski definition) is 0. The van der Waals surface area contributed by atoms with Crippen LogP contribution in [0.25, 0.3) is 0 Å². The minimum Gasteiger partial charge on any atom is -0.591 e. The van der Waals surface area contributed by atoms with Crippen LogP contribution in [0.3, 0.4) is 0 Å². The number of halogens is 4. The number of alkyl halides is 3. The molecule has 0 aliphatic heterocycles. The van der Waals surface area contributed by atoms with Gasteiger partial charge in [0.2, 0.25) is 0 Å². The second-order valence-electron chi connectivity index (χ2n) is 4.83. The van der Waals surface area contributed by atoms with Gasteiger partial charge in [-0.05, 0) is 39.0 Å². The summed E-state index contributed by atoms with van der Waals surface area (Å²) in [4.78, 5) is 0. The van der Waals surface area contributed by atoms with Gasteiger partial charge in [0.05, 0.1) is 11.8 Å². The fraction of sp³-hybridized carbons (Fsp3) is 0.417. The zero-order valence-corrected chi connectivity index (χ0v) is 12.2. The summed E-state index contributed by atoms with van der Waals surface area (Å²) in [6.45, 7) is 5.15. The average Bonchev–Trinajstić information content (AvgIpc) is 2.24. The summed E-state index contributed by atoms with van der Waals surface area (Å²) in [5, 5.41) is 0.127. The Morgan fingerprint density at radius 3 is 2.32 bits per heavy atom. The predicted molar refractivity (Wildman–Crippen MR) is 71.9 cm³/mol. The molecule has 0 aliphatic carbocycles. The molecule has 7 heteroatoms. The van der Waals surface area contributed by atoms with E-state index in [1.54, 1.807) is 20.8 Å². The fourth-order valence-corrected chi connectivity index (χ4v) is 1.77. The summed E-state index contributed by atoms with van der Waals surface area (Å²) < 4.78 is 52.5. The van der Waals surface area contributed by atoms with Crippen LogP contribution in [-0.4, -0.2) is 15.5 Å². The van der Waals surface area contributed by atoms with Crippen molar-refractivity contribution in [1.82, 2.24) is 0 Å². The van der Waals surface area contributed by atoms with Crippen molar-refractivity contribution in [2.45, 2.75) is 31.7 Å². The molecule has 0 fully saturated rings. The molecule has 1 aromatic rings. The average molecular weight is 312 g/mol. The minimum atomic E-state index is -4.45. The van der Waals surface area contributed by atoms with E-state index in [2.05, 4.69) is 4.40 Å². The third-order valence-electron chi connectivity index (χ3n) is 2.13. The second-order valence-corrected chi connectivity index (χ2v) is 7.17. The Kier molecular flexibility index (Phi) is 4.92. The number of hydrogen-bond acceptors (Lipinski definition) is 2. The van der Waals surface area contributed by atoms with Crippen LogP contribution in [0, 0.1) is 0 Å². The van der Waals surface area contributed by atoms with Gasteiger partial charge in [-0.15, -0.1) is 0 Å². The molecule has 2 nitrogen and oxygen atoms in total. The highest BCUT2D eigenvalue weighted by molar-refractivity contribution is 7.91. The summed E-state index contributed by atoms with van der Waals surface area (Å²) in [7, 11) is 0. The molecule has 1 atom stereocenters. The number of rotatable bonds is 2. The normalized spacial score (nSPS) is 14.9. The maximum Gasteiger partial charge on any atom is 0.416 e. The summed E-state index contributed by atoms with van der Waals surface area (Å²) in [6, 6.07) is 2.91. The van der Waals surface area contributed by atoms with Crippen LogP contribution in [0.5, 0.6) is 0 Å².